The Labute approximate surface area is 214 Å². The van der Waals surface area contributed by atoms with Crippen LogP contribution in [-0.4, -0.2) is 91.5 Å². The Morgan fingerprint density at radius 3 is 2.58 bits per heavy atom. The second-order valence-corrected chi connectivity index (χ2v) is 13.9. The minimum atomic E-state index is -3.50. The van der Waals surface area contributed by atoms with Gasteiger partial charge in [0, 0.05) is 37.1 Å². The Balaban J connectivity index is 1.34. The van der Waals surface area contributed by atoms with Gasteiger partial charge >= 0.3 is 0 Å². The van der Waals surface area contributed by atoms with E-state index in [1.54, 1.807) is 4.90 Å². The third-order valence-corrected chi connectivity index (χ3v) is 10.8. The molecular weight excluding hydrogens is 484 g/mol. The van der Waals surface area contributed by atoms with E-state index in [4.69, 9.17) is 14.6 Å². The molecule has 0 aromatic rings. The number of hydroxylamine groups is 1. The molecule has 3 heterocycles. The summed E-state index contributed by atoms with van der Waals surface area (Å²) in [5.41, 5.74) is 6.07. The molecule has 1 amide bonds. The van der Waals surface area contributed by atoms with Crippen molar-refractivity contribution in [2.45, 2.75) is 107 Å². The molecule has 2 saturated heterocycles. The summed E-state index contributed by atoms with van der Waals surface area (Å²) in [6.45, 7) is 8.95. The Morgan fingerprint density at radius 2 is 1.97 bits per heavy atom. The molecule has 3 N–H and O–H groups in total. The van der Waals surface area contributed by atoms with Crippen LogP contribution in [-0.2, 0) is 24.4 Å². The number of hydrogen-bond acceptors (Lipinski definition) is 9. The van der Waals surface area contributed by atoms with Crippen LogP contribution in [0.15, 0.2) is 4.99 Å². The monoisotopic (exact) mass is 526 g/mol. The molecular formula is C24H42N6O5S. The lowest BCUT2D eigenvalue weighted by Crippen LogP contribution is -2.56. The predicted octanol–water partition coefficient (Wildman–Crippen LogP) is 0.736. The van der Waals surface area contributed by atoms with Crippen molar-refractivity contribution in [2.75, 3.05) is 20.2 Å². The quantitative estimate of drug-likeness (QED) is 0.444. The summed E-state index contributed by atoms with van der Waals surface area (Å²) in [5.74, 6) is -0.480. The van der Waals surface area contributed by atoms with Crippen molar-refractivity contribution in [3.8, 4) is 0 Å². The van der Waals surface area contributed by atoms with Crippen LogP contribution in [0.2, 0.25) is 0 Å². The molecule has 8 atom stereocenters. The number of carbonyl (C=O) groups excluding carboxylic acids is 1. The highest BCUT2D eigenvalue weighted by Gasteiger charge is 2.50. The average Bonchev–Trinajstić information content (AvgIpc) is 3.31. The number of nitrogens with one attached hydrogen (secondary N) is 3. The van der Waals surface area contributed by atoms with Crippen LogP contribution in [0.4, 0.5) is 0 Å². The van der Waals surface area contributed by atoms with Crippen molar-refractivity contribution >= 4 is 22.0 Å². The Kier molecular flexibility index (Phi) is 7.14. The maximum atomic E-state index is 13.9. The molecule has 0 bridgehead atoms. The van der Waals surface area contributed by atoms with Gasteiger partial charge in [0.25, 0.3) is 6.02 Å². The number of amides is 1. The molecule has 5 aliphatic rings. The van der Waals surface area contributed by atoms with E-state index in [9.17, 15) is 13.2 Å². The van der Waals surface area contributed by atoms with Gasteiger partial charge in [-0.1, -0.05) is 0 Å². The second-order valence-electron chi connectivity index (χ2n) is 11.9. The Hall–Kier alpha value is -1.31. The zero-order valence-electron chi connectivity index (χ0n) is 22.1. The molecule has 12 heteroatoms. The number of sulfonamides is 1. The van der Waals surface area contributed by atoms with Gasteiger partial charge in [-0.2, -0.15) is 5.48 Å². The Bertz CT molecular complexity index is 977. The first-order valence-corrected chi connectivity index (χ1v) is 15.0. The minimum absolute atomic E-state index is 0.0646. The lowest BCUT2D eigenvalue weighted by atomic mass is 9.82. The number of likely N-dealkylation sites (N-methyl/N-ethyl adjacent to an activating group) is 1. The van der Waals surface area contributed by atoms with Gasteiger partial charge in [0.15, 0.2) is 0 Å². The lowest BCUT2D eigenvalue weighted by Gasteiger charge is -2.41. The zero-order chi connectivity index (χ0) is 25.8. The van der Waals surface area contributed by atoms with Gasteiger partial charge in [-0.3, -0.25) is 20.0 Å². The summed E-state index contributed by atoms with van der Waals surface area (Å²) in [5, 5.41) is 1.49. The van der Waals surface area contributed by atoms with Crippen LogP contribution in [0.25, 0.3) is 0 Å². The van der Waals surface area contributed by atoms with Gasteiger partial charge in [0.05, 0.1) is 29.4 Å². The minimum Gasteiger partial charge on any atom is -0.463 e. The van der Waals surface area contributed by atoms with Crippen LogP contribution < -0.4 is 15.6 Å². The van der Waals surface area contributed by atoms with Gasteiger partial charge < -0.3 is 4.74 Å². The number of nitrogens with zero attached hydrogens (tertiary/aromatic N) is 3. The van der Waals surface area contributed by atoms with Crippen molar-refractivity contribution in [1.29, 1.82) is 0 Å². The Morgan fingerprint density at radius 1 is 1.22 bits per heavy atom. The van der Waals surface area contributed by atoms with E-state index in [-0.39, 0.29) is 41.6 Å². The van der Waals surface area contributed by atoms with E-state index in [0.717, 1.165) is 19.3 Å². The molecule has 4 fully saturated rings. The number of amidine groups is 1. The fraction of sp³-hybridized carbons (Fsp3) is 0.917. The largest absolute Gasteiger partial charge is 0.463 e. The van der Waals surface area contributed by atoms with Crippen LogP contribution in [0, 0.1) is 11.8 Å². The third kappa shape index (κ3) is 5.30. The maximum absolute atomic E-state index is 13.9. The first kappa shape index (κ1) is 26.3. The highest BCUT2D eigenvalue weighted by Crippen LogP contribution is 2.39. The summed E-state index contributed by atoms with van der Waals surface area (Å²) in [6, 6.07) is 0.734. The van der Waals surface area contributed by atoms with E-state index >= 15 is 0 Å². The molecule has 0 aromatic carbocycles. The molecule has 0 radical (unpaired) electrons. The molecule has 11 nitrogen and oxygen atoms in total. The summed E-state index contributed by atoms with van der Waals surface area (Å²) < 4.78 is 35.4. The standard InChI is InChI=1S/C24H42N6O5S/c1-14-10-17(29(5)26-14)13-34-23-25-21-7-6-18(36(32,33)28-24(4)8-9-24)11-19(21)22(31)30(23)12-20-15(2)27-35-16(20)3/h14-21,26-28H,6-13H2,1-5H3. The molecule has 8 unspecified atom stereocenters. The fourth-order valence-corrected chi connectivity index (χ4v) is 8.02. The summed E-state index contributed by atoms with van der Waals surface area (Å²) in [7, 11) is -1.50. The molecule has 0 aromatic heterocycles. The van der Waals surface area contributed by atoms with Gasteiger partial charge in [0.2, 0.25) is 15.9 Å². The van der Waals surface area contributed by atoms with Crippen LogP contribution >= 0.6 is 0 Å². The smallest absolute Gasteiger partial charge is 0.294 e. The number of ether oxygens (including phenoxy) is 1. The lowest BCUT2D eigenvalue weighted by molar-refractivity contribution is -0.136. The van der Waals surface area contributed by atoms with E-state index in [0.29, 0.717) is 44.5 Å². The topological polar surface area (TPSA) is 125 Å². The number of fused-ring (bicyclic) bond motifs is 1. The second kappa shape index (κ2) is 9.77. The van der Waals surface area contributed by atoms with Crippen molar-refractivity contribution in [2.24, 2.45) is 16.8 Å². The number of aliphatic imine (C=N–C) groups is 1. The SMILES string of the molecule is CC1CC(COC2=NC3CCC(S(=O)(=O)NC4(C)CC4)CC3C(=O)N2CC2C(C)NOC2C)N(C)N1. The normalized spacial score (nSPS) is 40.8. The molecule has 2 aliphatic carbocycles. The third-order valence-electron chi connectivity index (χ3n) is 8.76. The van der Waals surface area contributed by atoms with Crippen LogP contribution in [0.5, 0.6) is 0 Å². The van der Waals surface area contributed by atoms with Gasteiger partial charge in [-0.05, 0) is 66.2 Å². The molecule has 3 aliphatic heterocycles. The van der Waals surface area contributed by atoms with Crippen LogP contribution in [0.1, 0.15) is 66.2 Å². The molecule has 5 rings (SSSR count). The zero-order valence-corrected chi connectivity index (χ0v) is 22.9. The van der Waals surface area contributed by atoms with Crippen molar-refractivity contribution in [3.05, 3.63) is 0 Å². The van der Waals surface area contributed by atoms with Crippen molar-refractivity contribution in [3.63, 3.8) is 0 Å². The van der Waals surface area contributed by atoms with Crippen molar-refractivity contribution in [1.82, 2.24) is 25.5 Å². The van der Waals surface area contributed by atoms with Gasteiger partial charge in [0.1, 0.15) is 6.61 Å². The van der Waals surface area contributed by atoms with Crippen molar-refractivity contribution < 1.29 is 22.8 Å². The fourth-order valence-electron chi connectivity index (χ4n) is 6.06. The van der Waals surface area contributed by atoms with Gasteiger partial charge in [-0.25, -0.2) is 23.1 Å². The molecule has 36 heavy (non-hydrogen) atoms. The van der Waals surface area contributed by atoms with E-state index in [1.165, 1.54) is 0 Å². The summed E-state index contributed by atoms with van der Waals surface area (Å²) in [6.07, 6.45) is 3.95. The molecule has 2 saturated carbocycles. The van der Waals surface area contributed by atoms with E-state index in [1.807, 2.05) is 27.8 Å². The summed E-state index contributed by atoms with van der Waals surface area (Å²) >= 11 is 0. The van der Waals surface area contributed by atoms with E-state index < -0.39 is 21.2 Å². The summed E-state index contributed by atoms with van der Waals surface area (Å²) in [4.78, 5) is 26.1. The number of hydrogen-bond donors (Lipinski definition) is 3. The number of rotatable bonds is 7. The van der Waals surface area contributed by atoms with Gasteiger partial charge in [-0.15, -0.1) is 0 Å². The molecule has 204 valence electrons. The average molecular weight is 527 g/mol. The first-order valence-electron chi connectivity index (χ1n) is 13.4. The maximum Gasteiger partial charge on any atom is 0.294 e. The highest BCUT2D eigenvalue weighted by molar-refractivity contribution is 7.90. The number of hydrazine groups is 1. The van der Waals surface area contributed by atoms with E-state index in [2.05, 4.69) is 27.6 Å². The highest BCUT2D eigenvalue weighted by atomic mass is 32.2. The molecule has 0 spiro atoms. The number of carbonyl (C=O) groups is 1. The predicted molar refractivity (Wildman–Crippen MR) is 135 cm³/mol. The van der Waals surface area contributed by atoms with Crippen LogP contribution in [0.3, 0.4) is 0 Å². The first-order chi connectivity index (χ1) is 17.0.